The fraction of sp³-hybridized carbons (Fsp3) is 0.733. The lowest BCUT2D eigenvalue weighted by Gasteiger charge is -2.55. The summed E-state index contributed by atoms with van der Waals surface area (Å²) < 4.78 is 0. The first-order valence-electron chi connectivity index (χ1n) is 6.85. The molecule has 2 fully saturated rings. The number of carbonyl (C=O) groups is 2. The van der Waals surface area contributed by atoms with Crippen LogP contribution in [-0.2, 0) is 9.59 Å². The zero-order valence-electron chi connectivity index (χ0n) is 11.6. The minimum atomic E-state index is -0.129. The van der Waals surface area contributed by atoms with E-state index in [1.807, 2.05) is 0 Å². The molecule has 1 heterocycles. The van der Waals surface area contributed by atoms with E-state index in [-0.39, 0.29) is 34.5 Å². The second kappa shape index (κ2) is 3.25. The highest BCUT2D eigenvalue weighted by atomic mass is 16.2. The quantitative estimate of drug-likeness (QED) is 0.526. The molecule has 3 heteroatoms. The summed E-state index contributed by atoms with van der Waals surface area (Å²) >= 11 is 0. The molecule has 4 aliphatic rings. The van der Waals surface area contributed by atoms with Crippen molar-refractivity contribution < 1.29 is 9.59 Å². The molecule has 4 rings (SSSR count). The number of hydrogen-bond donors (Lipinski definition) is 0. The van der Waals surface area contributed by atoms with Crippen LogP contribution in [0.5, 0.6) is 0 Å². The number of nitrogens with zero attached hydrogens (tertiary/aromatic N) is 1. The monoisotopic (exact) mass is 247 g/mol. The highest BCUT2D eigenvalue weighted by Crippen LogP contribution is 2.63. The van der Waals surface area contributed by atoms with Crippen LogP contribution in [0.25, 0.3) is 0 Å². The largest absolute Gasteiger partial charge is 0.285 e. The number of rotatable bonds is 1. The van der Waals surface area contributed by atoms with Crippen LogP contribution < -0.4 is 0 Å². The van der Waals surface area contributed by atoms with Crippen molar-refractivity contribution in [3.05, 3.63) is 12.2 Å². The third-order valence-corrected chi connectivity index (χ3v) is 5.76. The van der Waals surface area contributed by atoms with Crippen LogP contribution in [0, 0.1) is 28.6 Å². The van der Waals surface area contributed by atoms with Gasteiger partial charge in [-0.25, -0.2) is 0 Å². The number of hydrogen-bond acceptors (Lipinski definition) is 2. The van der Waals surface area contributed by atoms with Gasteiger partial charge in [0.05, 0.1) is 11.8 Å². The Hall–Kier alpha value is -1.12. The normalized spacial score (nSPS) is 46.2. The average Bonchev–Trinajstić information content (AvgIpc) is 2.57. The SMILES string of the molecule is CC(C)C12C=CC(C)(CC1)C1C(=O)N(C)C(=O)C12. The molecule has 4 atom stereocenters. The Kier molecular flexibility index (Phi) is 2.16. The zero-order valence-corrected chi connectivity index (χ0v) is 11.6. The van der Waals surface area contributed by atoms with Crippen molar-refractivity contribution in [3.8, 4) is 0 Å². The highest BCUT2D eigenvalue weighted by Gasteiger charge is 2.66. The molecule has 0 aromatic carbocycles. The van der Waals surface area contributed by atoms with Gasteiger partial charge in [-0.05, 0) is 24.2 Å². The molecule has 1 saturated carbocycles. The summed E-state index contributed by atoms with van der Waals surface area (Å²) in [5.41, 5.74) is -0.210. The van der Waals surface area contributed by atoms with Crippen LogP contribution in [0.15, 0.2) is 12.2 Å². The van der Waals surface area contributed by atoms with Gasteiger partial charge in [-0.1, -0.05) is 32.9 Å². The summed E-state index contributed by atoms with van der Waals surface area (Å²) in [6, 6.07) is 0. The predicted molar refractivity (Wildman–Crippen MR) is 68.5 cm³/mol. The molecule has 0 radical (unpaired) electrons. The molecule has 3 aliphatic carbocycles. The Bertz CT molecular complexity index is 467. The molecular formula is C15H21NO2. The Morgan fingerprint density at radius 2 is 1.78 bits per heavy atom. The molecule has 98 valence electrons. The molecule has 4 unspecified atom stereocenters. The van der Waals surface area contributed by atoms with Crippen LogP contribution in [0.2, 0.25) is 0 Å². The smallest absolute Gasteiger partial charge is 0.233 e. The Morgan fingerprint density at radius 1 is 1.17 bits per heavy atom. The molecule has 2 amide bonds. The molecule has 0 N–H and O–H groups in total. The molecule has 0 aromatic rings. The molecule has 3 nitrogen and oxygen atoms in total. The van der Waals surface area contributed by atoms with Crippen molar-refractivity contribution in [2.45, 2.75) is 33.6 Å². The molecule has 1 saturated heterocycles. The van der Waals surface area contributed by atoms with Gasteiger partial charge >= 0.3 is 0 Å². The van der Waals surface area contributed by atoms with E-state index < -0.39 is 0 Å². The number of carbonyl (C=O) groups excluding carboxylic acids is 2. The first kappa shape index (κ1) is 11.9. The topological polar surface area (TPSA) is 37.4 Å². The average molecular weight is 247 g/mol. The third-order valence-electron chi connectivity index (χ3n) is 5.76. The van der Waals surface area contributed by atoms with Gasteiger partial charge in [-0.2, -0.15) is 0 Å². The van der Waals surface area contributed by atoms with Gasteiger partial charge in [0.2, 0.25) is 11.8 Å². The maximum atomic E-state index is 12.5. The highest BCUT2D eigenvalue weighted by molar-refractivity contribution is 6.06. The molecule has 18 heavy (non-hydrogen) atoms. The van der Waals surface area contributed by atoms with Gasteiger partial charge < -0.3 is 0 Å². The maximum absolute atomic E-state index is 12.5. The number of likely N-dealkylation sites (tertiary alicyclic amines) is 1. The van der Waals surface area contributed by atoms with Gasteiger partial charge in [-0.15, -0.1) is 0 Å². The summed E-state index contributed by atoms with van der Waals surface area (Å²) in [5, 5.41) is 0. The summed E-state index contributed by atoms with van der Waals surface area (Å²) in [5.74, 6) is 0.208. The number of amides is 2. The molecule has 1 aliphatic heterocycles. The van der Waals surface area contributed by atoms with Crippen molar-refractivity contribution in [2.75, 3.05) is 7.05 Å². The second-order valence-electron chi connectivity index (χ2n) is 6.80. The molecule has 0 aromatic heterocycles. The number of imide groups is 1. The van der Waals surface area contributed by atoms with E-state index in [0.29, 0.717) is 5.92 Å². The maximum Gasteiger partial charge on any atom is 0.233 e. The van der Waals surface area contributed by atoms with Crippen LogP contribution in [0.1, 0.15) is 33.6 Å². The first-order chi connectivity index (χ1) is 8.33. The van der Waals surface area contributed by atoms with Crippen molar-refractivity contribution in [3.63, 3.8) is 0 Å². The summed E-state index contributed by atoms with van der Waals surface area (Å²) in [4.78, 5) is 26.2. The minimum absolute atomic E-state index is 0.0292. The lowest BCUT2D eigenvalue weighted by molar-refractivity contribution is -0.139. The van der Waals surface area contributed by atoms with Gasteiger partial charge in [-0.3, -0.25) is 14.5 Å². The van der Waals surface area contributed by atoms with Crippen molar-refractivity contribution >= 4 is 11.8 Å². The van der Waals surface area contributed by atoms with Crippen LogP contribution in [-0.4, -0.2) is 23.8 Å². The fourth-order valence-corrected chi connectivity index (χ4v) is 4.37. The van der Waals surface area contributed by atoms with E-state index in [4.69, 9.17) is 0 Å². The molecular weight excluding hydrogens is 226 g/mol. The second-order valence-corrected chi connectivity index (χ2v) is 6.80. The summed E-state index contributed by atoms with van der Waals surface area (Å²) in [7, 11) is 1.64. The standard InChI is InChI=1S/C15H21NO2/c1-9(2)15-7-5-14(3,6-8-15)10-11(15)13(18)16(4)12(10)17/h5,7,9-11H,6,8H2,1-4H3. The van der Waals surface area contributed by atoms with Crippen LogP contribution >= 0.6 is 0 Å². The molecule has 0 spiro atoms. The fourth-order valence-electron chi connectivity index (χ4n) is 4.37. The minimum Gasteiger partial charge on any atom is -0.285 e. The predicted octanol–water partition coefficient (Wildman–Crippen LogP) is 2.23. The Labute approximate surface area is 108 Å². The van der Waals surface area contributed by atoms with Gasteiger partial charge in [0.25, 0.3) is 0 Å². The van der Waals surface area contributed by atoms with Gasteiger partial charge in [0, 0.05) is 12.5 Å². The van der Waals surface area contributed by atoms with Gasteiger partial charge in [0.1, 0.15) is 0 Å². The van der Waals surface area contributed by atoms with E-state index >= 15 is 0 Å². The summed E-state index contributed by atoms with van der Waals surface area (Å²) in [6.07, 6.45) is 6.51. The van der Waals surface area contributed by atoms with Crippen molar-refractivity contribution in [1.82, 2.24) is 4.90 Å². The van der Waals surface area contributed by atoms with E-state index in [1.54, 1.807) is 7.05 Å². The van der Waals surface area contributed by atoms with Crippen LogP contribution in [0.4, 0.5) is 0 Å². The van der Waals surface area contributed by atoms with E-state index in [1.165, 1.54) is 4.90 Å². The van der Waals surface area contributed by atoms with Crippen molar-refractivity contribution in [1.29, 1.82) is 0 Å². The zero-order chi connectivity index (χ0) is 13.3. The lowest BCUT2D eigenvalue weighted by Crippen LogP contribution is -2.53. The van der Waals surface area contributed by atoms with Gasteiger partial charge in [0.15, 0.2) is 0 Å². The van der Waals surface area contributed by atoms with E-state index in [9.17, 15) is 9.59 Å². The summed E-state index contributed by atoms with van der Waals surface area (Å²) in [6.45, 7) is 6.48. The van der Waals surface area contributed by atoms with E-state index in [2.05, 4.69) is 32.9 Å². The van der Waals surface area contributed by atoms with Crippen molar-refractivity contribution in [2.24, 2.45) is 28.6 Å². The number of allylic oxidation sites excluding steroid dienone is 2. The Balaban J connectivity index is 2.19. The first-order valence-corrected chi connectivity index (χ1v) is 6.85. The Morgan fingerprint density at radius 3 is 2.28 bits per heavy atom. The third kappa shape index (κ3) is 1.11. The number of fused-ring (bicyclic) bond motifs is 1. The van der Waals surface area contributed by atoms with Crippen LogP contribution in [0.3, 0.4) is 0 Å². The lowest BCUT2D eigenvalue weighted by atomic mass is 9.46. The molecule has 2 bridgehead atoms. The van der Waals surface area contributed by atoms with E-state index in [0.717, 1.165) is 12.8 Å².